The first-order valence-electron chi connectivity index (χ1n) is 9.90. The molecule has 1 amide bonds. The third-order valence-electron chi connectivity index (χ3n) is 4.95. The number of rotatable bonds is 2. The lowest BCUT2D eigenvalue weighted by molar-refractivity contribution is -0.192. The van der Waals surface area contributed by atoms with Crippen molar-refractivity contribution in [3.05, 3.63) is 59.6 Å². The molecule has 0 atom stereocenters. The van der Waals surface area contributed by atoms with Gasteiger partial charge in [-0.1, -0.05) is 0 Å². The highest BCUT2D eigenvalue weighted by Crippen LogP contribution is 2.25. The highest BCUT2D eigenvalue weighted by atomic mass is 19.4. The molecule has 1 N–H and O–H groups in total. The molecule has 0 aromatic carbocycles. The maximum Gasteiger partial charge on any atom is 0.490 e. The molecule has 1 aliphatic rings. The third-order valence-corrected chi connectivity index (χ3v) is 4.95. The zero-order chi connectivity index (χ0) is 24.2. The number of hydrogen-bond donors (Lipinski definition) is 1. The number of carbonyl (C=O) groups is 2. The average Bonchev–Trinajstić information content (AvgIpc) is 3.07. The molecule has 0 spiro atoms. The van der Waals surface area contributed by atoms with Crippen LogP contribution in [0.5, 0.6) is 0 Å². The van der Waals surface area contributed by atoms with Gasteiger partial charge in [0.1, 0.15) is 6.33 Å². The number of alkyl halides is 3. The molecule has 3 aromatic rings. The number of hydrogen-bond acceptors (Lipinski definition) is 6. The van der Waals surface area contributed by atoms with Crippen molar-refractivity contribution in [3.8, 4) is 11.3 Å². The lowest BCUT2D eigenvalue weighted by Crippen LogP contribution is -2.33. The van der Waals surface area contributed by atoms with Crippen molar-refractivity contribution >= 4 is 11.9 Å². The number of carboxylic acids is 1. The van der Waals surface area contributed by atoms with Crippen LogP contribution in [0, 0.1) is 6.92 Å². The number of fused-ring (bicyclic) bond motifs is 1. The molecule has 174 valence electrons. The molecule has 0 saturated heterocycles. The smallest absolute Gasteiger partial charge is 0.475 e. The molecule has 12 heteroatoms. The van der Waals surface area contributed by atoms with Gasteiger partial charge in [0.05, 0.1) is 17.5 Å². The molecule has 0 bridgehead atoms. The van der Waals surface area contributed by atoms with Gasteiger partial charge in [-0.25, -0.2) is 14.8 Å². The molecule has 0 unspecified atom stereocenters. The number of aromatic nitrogens is 5. The van der Waals surface area contributed by atoms with E-state index in [-0.39, 0.29) is 5.91 Å². The van der Waals surface area contributed by atoms with Crippen LogP contribution in [0.15, 0.2) is 37.1 Å². The van der Waals surface area contributed by atoms with E-state index in [1.807, 2.05) is 43.4 Å². The number of carboxylic acid groups (broad SMARTS) is 1. The summed E-state index contributed by atoms with van der Waals surface area (Å²) < 4.78 is 33.5. The van der Waals surface area contributed by atoms with Crippen molar-refractivity contribution in [2.75, 3.05) is 13.1 Å². The highest BCUT2D eigenvalue weighted by Gasteiger charge is 2.38. The summed E-state index contributed by atoms with van der Waals surface area (Å²) in [5, 5.41) is 11.4. The molecule has 0 fully saturated rings. The molecule has 4 rings (SSSR count). The fourth-order valence-corrected chi connectivity index (χ4v) is 3.30. The van der Waals surface area contributed by atoms with Crippen molar-refractivity contribution in [3.63, 3.8) is 0 Å². The van der Waals surface area contributed by atoms with E-state index in [4.69, 9.17) is 9.90 Å². The second-order valence-corrected chi connectivity index (χ2v) is 7.33. The van der Waals surface area contributed by atoms with Crippen LogP contribution in [0.25, 0.3) is 11.3 Å². The summed E-state index contributed by atoms with van der Waals surface area (Å²) in [5.41, 5.74) is 5.54. The van der Waals surface area contributed by atoms with Gasteiger partial charge in [-0.2, -0.15) is 18.3 Å². The number of aryl methyl sites for hydroxylation is 2. The minimum absolute atomic E-state index is 0.0150. The van der Waals surface area contributed by atoms with E-state index in [1.54, 1.807) is 17.2 Å². The van der Waals surface area contributed by atoms with Crippen LogP contribution in [0.1, 0.15) is 27.3 Å². The van der Waals surface area contributed by atoms with Crippen LogP contribution in [0.2, 0.25) is 0 Å². The van der Waals surface area contributed by atoms with Gasteiger partial charge in [0, 0.05) is 61.5 Å². The molecule has 1 aliphatic heterocycles. The fourth-order valence-electron chi connectivity index (χ4n) is 3.30. The van der Waals surface area contributed by atoms with Crippen molar-refractivity contribution in [2.45, 2.75) is 25.9 Å². The Kier molecular flexibility index (Phi) is 7.04. The Morgan fingerprint density at radius 1 is 1.06 bits per heavy atom. The van der Waals surface area contributed by atoms with E-state index in [1.165, 1.54) is 0 Å². The molecular formula is C21H21F3N6O3. The van der Waals surface area contributed by atoms with E-state index in [0.717, 1.165) is 41.1 Å². The zero-order valence-corrected chi connectivity index (χ0v) is 17.9. The van der Waals surface area contributed by atoms with Gasteiger partial charge in [-0.15, -0.1) is 0 Å². The maximum atomic E-state index is 12.8. The van der Waals surface area contributed by atoms with E-state index in [0.29, 0.717) is 18.7 Å². The Balaban J connectivity index is 0.000000383. The van der Waals surface area contributed by atoms with Crippen molar-refractivity contribution < 1.29 is 27.9 Å². The quantitative estimate of drug-likeness (QED) is 0.622. The number of nitrogens with zero attached hydrogens (tertiary/aromatic N) is 6. The first-order chi connectivity index (χ1) is 15.6. The summed E-state index contributed by atoms with van der Waals surface area (Å²) in [7, 11) is 1.89. The Morgan fingerprint density at radius 3 is 2.33 bits per heavy atom. The van der Waals surface area contributed by atoms with Crippen molar-refractivity contribution in [2.24, 2.45) is 7.05 Å². The minimum Gasteiger partial charge on any atom is -0.475 e. The number of halogens is 3. The summed E-state index contributed by atoms with van der Waals surface area (Å²) in [4.78, 5) is 36.8. The second kappa shape index (κ2) is 9.76. The van der Waals surface area contributed by atoms with E-state index in [9.17, 15) is 18.0 Å². The number of carbonyl (C=O) groups excluding carboxylic acids is 1. The van der Waals surface area contributed by atoms with Gasteiger partial charge in [0.25, 0.3) is 5.91 Å². The van der Waals surface area contributed by atoms with E-state index in [2.05, 4.69) is 20.1 Å². The molecule has 0 radical (unpaired) electrons. The summed E-state index contributed by atoms with van der Waals surface area (Å²) in [5.74, 6) is -2.74. The molecule has 9 nitrogen and oxygen atoms in total. The Hall–Kier alpha value is -3.83. The van der Waals surface area contributed by atoms with E-state index >= 15 is 0 Å². The summed E-state index contributed by atoms with van der Waals surface area (Å²) in [6.07, 6.45) is 3.38. The monoisotopic (exact) mass is 462 g/mol. The van der Waals surface area contributed by atoms with Crippen LogP contribution in [0.3, 0.4) is 0 Å². The standard InChI is InChI=1S/C19H20N6O.C2HF3O2/c1-13-3-4-14(9-20-13)19(26)25-7-5-16-17(6-8-25)21-12-22-18(16)15-10-23-24(2)11-15;3-2(4,5)1(6)7/h3-4,9-12H,5-8H2,1-2H3;(H,6,7). The first kappa shape index (κ1) is 23.8. The SMILES string of the molecule is Cc1ccc(C(=O)N2CCc3ncnc(-c4cnn(C)c4)c3CC2)cn1.O=C(O)C(F)(F)F. The second-order valence-electron chi connectivity index (χ2n) is 7.33. The van der Waals surface area contributed by atoms with Gasteiger partial charge in [0.15, 0.2) is 0 Å². The number of aliphatic carboxylic acids is 1. The molecule has 3 aromatic heterocycles. The fraction of sp³-hybridized carbons (Fsp3) is 0.333. The summed E-state index contributed by atoms with van der Waals surface area (Å²) in [6.45, 7) is 3.19. The topological polar surface area (TPSA) is 114 Å². The predicted octanol–water partition coefficient (Wildman–Crippen LogP) is 2.45. The van der Waals surface area contributed by atoms with Gasteiger partial charge in [-0.3, -0.25) is 14.5 Å². The number of amides is 1. The molecule has 0 saturated carbocycles. The van der Waals surface area contributed by atoms with Crippen molar-refractivity contribution in [1.29, 1.82) is 0 Å². The van der Waals surface area contributed by atoms with Gasteiger partial charge in [0.2, 0.25) is 0 Å². The largest absolute Gasteiger partial charge is 0.490 e. The van der Waals surface area contributed by atoms with E-state index < -0.39 is 12.1 Å². The third kappa shape index (κ3) is 5.90. The van der Waals surface area contributed by atoms with Crippen LogP contribution >= 0.6 is 0 Å². The Labute approximate surface area is 186 Å². The van der Waals surface area contributed by atoms with Crippen LogP contribution in [0.4, 0.5) is 13.2 Å². The maximum absolute atomic E-state index is 12.8. The Bertz CT molecular complexity index is 1140. The first-order valence-corrected chi connectivity index (χ1v) is 9.90. The number of pyridine rings is 1. The zero-order valence-electron chi connectivity index (χ0n) is 17.9. The van der Waals surface area contributed by atoms with Gasteiger partial charge >= 0.3 is 12.1 Å². The molecule has 4 heterocycles. The highest BCUT2D eigenvalue weighted by molar-refractivity contribution is 5.94. The van der Waals surface area contributed by atoms with Gasteiger partial charge < -0.3 is 10.0 Å². The summed E-state index contributed by atoms with van der Waals surface area (Å²) in [6, 6.07) is 3.70. The molecular weight excluding hydrogens is 441 g/mol. The lowest BCUT2D eigenvalue weighted by atomic mass is 10.0. The van der Waals surface area contributed by atoms with Crippen molar-refractivity contribution in [1.82, 2.24) is 29.6 Å². The van der Waals surface area contributed by atoms with Crippen LogP contribution in [-0.4, -0.2) is 65.9 Å². The average molecular weight is 462 g/mol. The summed E-state index contributed by atoms with van der Waals surface area (Å²) >= 11 is 0. The molecule has 0 aliphatic carbocycles. The Morgan fingerprint density at radius 2 is 1.76 bits per heavy atom. The van der Waals surface area contributed by atoms with Crippen LogP contribution in [-0.2, 0) is 24.7 Å². The lowest BCUT2D eigenvalue weighted by Gasteiger charge is -2.20. The minimum atomic E-state index is -5.08. The van der Waals surface area contributed by atoms with Crippen LogP contribution < -0.4 is 0 Å². The normalized spacial score (nSPS) is 13.4. The molecule has 33 heavy (non-hydrogen) atoms. The predicted molar refractivity (Wildman–Crippen MR) is 110 cm³/mol. The van der Waals surface area contributed by atoms with Gasteiger partial charge in [-0.05, 0) is 25.5 Å².